The summed E-state index contributed by atoms with van der Waals surface area (Å²) < 4.78 is 5.28. The van der Waals surface area contributed by atoms with Gasteiger partial charge < -0.3 is 9.64 Å². The lowest BCUT2D eigenvalue weighted by Gasteiger charge is -2.23. The lowest BCUT2D eigenvalue weighted by molar-refractivity contribution is -0.137. The summed E-state index contributed by atoms with van der Waals surface area (Å²) in [4.78, 5) is 28.8. The van der Waals surface area contributed by atoms with E-state index in [2.05, 4.69) is 6.07 Å². The number of rotatable bonds is 8. The molecule has 0 bridgehead atoms. The Morgan fingerprint density at radius 2 is 1.82 bits per heavy atom. The third-order valence-electron chi connectivity index (χ3n) is 6.10. The molecule has 1 aliphatic rings. The first-order valence-corrected chi connectivity index (χ1v) is 12.2. The van der Waals surface area contributed by atoms with Crippen molar-refractivity contribution in [2.45, 2.75) is 38.8 Å². The molecule has 0 saturated carbocycles. The smallest absolute Gasteiger partial charge is 0.243 e. The topological polar surface area (TPSA) is 62.2 Å². The Labute approximate surface area is 204 Å². The number of amides is 2. The molecule has 34 heavy (non-hydrogen) atoms. The van der Waals surface area contributed by atoms with Crippen molar-refractivity contribution in [3.05, 3.63) is 87.6 Å². The molecule has 0 fully saturated rings. The van der Waals surface area contributed by atoms with E-state index in [4.69, 9.17) is 9.84 Å². The van der Waals surface area contributed by atoms with Gasteiger partial charge in [-0.1, -0.05) is 42.5 Å². The molecular weight excluding hydrogens is 446 g/mol. The van der Waals surface area contributed by atoms with Crippen molar-refractivity contribution in [3.8, 4) is 5.75 Å². The van der Waals surface area contributed by atoms with E-state index in [0.29, 0.717) is 13.0 Å². The van der Waals surface area contributed by atoms with Crippen molar-refractivity contribution in [2.75, 3.05) is 14.2 Å². The van der Waals surface area contributed by atoms with Crippen LogP contribution in [0.3, 0.4) is 0 Å². The number of benzene rings is 2. The largest absolute Gasteiger partial charge is 0.497 e. The molecule has 7 heteroatoms. The number of hydrogen-bond acceptors (Lipinski definition) is 5. The summed E-state index contributed by atoms with van der Waals surface area (Å²) in [7, 11) is 3.42. The zero-order chi connectivity index (χ0) is 24.1. The number of ether oxygens (including phenoxy) is 1. The van der Waals surface area contributed by atoms with Crippen LogP contribution in [-0.4, -0.2) is 41.6 Å². The van der Waals surface area contributed by atoms with Gasteiger partial charge in [0, 0.05) is 31.2 Å². The Kier molecular flexibility index (Phi) is 7.43. The summed E-state index contributed by atoms with van der Waals surface area (Å²) >= 11 is 1.64. The molecule has 4 rings (SSSR count). The van der Waals surface area contributed by atoms with E-state index in [0.717, 1.165) is 22.6 Å². The van der Waals surface area contributed by atoms with Gasteiger partial charge in [0.25, 0.3) is 0 Å². The van der Waals surface area contributed by atoms with E-state index in [-0.39, 0.29) is 30.7 Å². The maximum absolute atomic E-state index is 13.3. The van der Waals surface area contributed by atoms with E-state index in [1.54, 1.807) is 35.4 Å². The second kappa shape index (κ2) is 10.7. The monoisotopic (exact) mass is 475 g/mol. The lowest BCUT2D eigenvalue weighted by Crippen LogP contribution is -2.30. The molecule has 1 atom stereocenters. The highest BCUT2D eigenvalue weighted by atomic mass is 32.1. The minimum Gasteiger partial charge on any atom is -0.497 e. The van der Waals surface area contributed by atoms with Crippen LogP contribution in [-0.2, 0) is 16.1 Å². The first kappa shape index (κ1) is 23.7. The maximum atomic E-state index is 13.3. The van der Waals surface area contributed by atoms with Crippen molar-refractivity contribution in [1.29, 1.82) is 0 Å². The third kappa shape index (κ3) is 5.37. The molecular formula is C27H29N3O3S. The van der Waals surface area contributed by atoms with Crippen molar-refractivity contribution in [3.63, 3.8) is 0 Å². The molecule has 0 saturated heterocycles. The molecule has 3 aromatic rings. The van der Waals surface area contributed by atoms with Gasteiger partial charge in [0.05, 0.1) is 25.4 Å². The lowest BCUT2D eigenvalue weighted by atomic mass is 9.98. The highest BCUT2D eigenvalue weighted by Gasteiger charge is 2.33. The summed E-state index contributed by atoms with van der Waals surface area (Å²) in [6.45, 7) is 2.60. The van der Waals surface area contributed by atoms with Gasteiger partial charge in [-0.3, -0.25) is 9.59 Å². The van der Waals surface area contributed by atoms with Crippen LogP contribution in [0.4, 0.5) is 0 Å². The van der Waals surface area contributed by atoms with Crippen LogP contribution in [0, 0.1) is 6.92 Å². The third-order valence-corrected chi connectivity index (χ3v) is 7.11. The summed E-state index contributed by atoms with van der Waals surface area (Å²) in [5.41, 5.74) is 4.04. The molecule has 2 aromatic carbocycles. The van der Waals surface area contributed by atoms with Gasteiger partial charge in [-0.15, -0.1) is 11.3 Å². The Bertz CT molecular complexity index is 1170. The van der Waals surface area contributed by atoms with Crippen LogP contribution in [0.2, 0.25) is 0 Å². The molecule has 176 valence electrons. The van der Waals surface area contributed by atoms with E-state index in [9.17, 15) is 9.59 Å². The number of carbonyl (C=O) groups excluding carboxylic acids is 2. The number of methoxy groups -OCH3 is 1. The molecule has 2 amide bonds. The standard InChI is InChI=1S/C27H29N3O3S/c1-19-15-16-34-25(19)18-29(2)26(31)13-14-27(32)30-24(21-9-11-22(33-3)12-10-21)17-23(28-30)20-7-5-4-6-8-20/h4-12,15-16,24H,13-14,17-18H2,1-3H3/t24-/m1/s1. The van der Waals surface area contributed by atoms with Crippen LogP contribution < -0.4 is 4.74 Å². The number of hydrazone groups is 1. The van der Waals surface area contributed by atoms with Crippen LogP contribution in [0.15, 0.2) is 71.1 Å². The van der Waals surface area contributed by atoms with Crippen molar-refractivity contribution in [1.82, 2.24) is 9.91 Å². The second-order valence-corrected chi connectivity index (χ2v) is 9.42. The zero-order valence-corrected chi connectivity index (χ0v) is 20.5. The molecule has 2 heterocycles. The van der Waals surface area contributed by atoms with Crippen molar-refractivity contribution in [2.24, 2.45) is 5.10 Å². The maximum Gasteiger partial charge on any atom is 0.243 e. The number of thiophene rings is 1. The van der Waals surface area contributed by atoms with E-state index in [1.165, 1.54) is 10.4 Å². The Hall–Kier alpha value is -3.45. The van der Waals surface area contributed by atoms with Gasteiger partial charge in [-0.2, -0.15) is 5.10 Å². The van der Waals surface area contributed by atoms with E-state index >= 15 is 0 Å². The average Bonchev–Trinajstić information content (AvgIpc) is 3.49. The fraction of sp³-hybridized carbons (Fsp3) is 0.296. The van der Waals surface area contributed by atoms with Crippen LogP contribution >= 0.6 is 11.3 Å². The fourth-order valence-corrected chi connectivity index (χ4v) is 4.98. The van der Waals surface area contributed by atoms with Crippen molar-refractivity contribution < 1.29 is 14.3 Å². The van der Waals surface area contributed by atoms with Gasteiger partial charge in [-0.25, -0.2) is 5.01 Å². The number of aryl methyl sites for hydroxylation is 1. The first-order valence-electron chi connectivity index (χ1n) is 11.3. The number of hydrogen-bond donors (Lipinski definition) is 0. The van der Waals surface area contributed by atoms with Crippen molar-refractivity contribution >= 4 is 28.9 Å². The van der Waals surface area contributed by atoms with Crippen LogP contribution in [0.25, 0.3) is 0 Å². The van der Waals surface area contributed by atoms with E-state index < -0.39 is 0 Å². The second-order valence-electron chi connectivity index (χ2n) is 8.42. The Balaban J connectivity index is 1.47. The van der Waals surface area contributed by atoms with Crippen LogP contribution in [0.5, 0.6) is 5.75 Å². The van der Waals surface area contributed by atoms with Gasteiger partial charge in [-0.05, 0) is 47.2 Å². The summed E-state index contributed by atoms with van der Waals surface area (Å²) in [5.74, 6) is 0.563. The average molecular weight is 476 g/mol. The number of nitrogens with zero attached hydrogens (tertiary/aromatic N) is 3. The summed E-state index contributed by atoms with van der Waals surface area (Å²) in [5, 5.41) is 8.29. The first-order chi connectivity index (χ1) is 16.5. The highest BCUT2D eigenvalue weighted by Crippen LogP contribution is 2.34. The fourth-order valence-electron chi connectivity index (χ4n) is 4.02. The predicted octanol–water partition coefficient (Wildman–Crippen LogP) is 5.18. The SMILES string of the molecule is COc1ccc([C@H]2CC(c3ccccc3)=NN2C(=O)CCC(=O)N(C)Cc2sccc2C)cc1. The molecule has 0 aliphatic carbocycles. The minimum absolute atomic E-state index is 0.0476. The Morgan fingerprint density at radius 1 is 1.09 bits per heavy atom. The quantitative estimate of drug-likeness (QED) is 0.451. The molecule has 0 N–H and O–H groups in total. The molecule has 1 aliphatic heterocycles. The summed E-state index contributed by atoms with van der Waals surface area (Å²) in [6, 6.07) is 19.5. The minimum atomic E-state index is -0.213. The van der Waals surface area contributed by atoms with E-state index in [1.807, 2.05) is 66.9 Å². The zero-order valence-electron chi connectivity index (χ0n) is 19.7. The summed E-state index contributed by atoms with van der Waals surface area (Å²) in [6.07, 6.45) is 0.889. The van der Waals surface area contributed by atoms with Gasteiger partial charge in [0.1, 0.15) is 5.75 Å². The predicted molar refractivity (Wildman–Crippen MR) is 135 cm³/mol. The van der Waals surface area contributed by atoms with Crippen LogP contribution in [0.1, 0.15) is 46.9 Å². The van der Waals surface area contributed by atoms with Gasteiger partial charge in [0.2, 0.25) is 11.8 Å². The Morgan fingerprint density at radius 3 is 2.47 bits per heavy atom. The number of carbonyl (C=O) groups is 2. The molecule has 1 aromatic heterocycles. The normalized spacial score (nSPS) is 15.2. The van der Waals surface area contributed by atoms with Gasteiger partial charge in [0.15, 0.2) is 0 Å². The molecule has 0 unspecified atom stereocenters. The molecule has 0 spiro atoms. The molecule has 0 radical (unpaired) electrons. The molecule has 6 nitrogen and oxygen atoms in total. The van der Waals surface area contributed by atoms with Gasteiger partial charge >= 0.3 is 0 Å². The highest BCUT2D eigenvalue weighted by molar-refractivity contribution is 7.10.